The average Bonchev–Trinajstić information content (AvgIpc) is 2.00. The monoisotopic (exact) mass is 225 g/mol. The van der Waals surface area contributed by atoms with Gasteiger partial charge in [0.1, 0.15) is 0 Å². The highest BCUT2D eigenvalue weighted by atomic mass is 35.5. The van der Waals surface area contributed by atoms with Gasteiger partial charge in [0, 0.05) is 19.0 Å². The molecular weight excluding hydrogens is 206 g/mol. The van der Waals surface area contributed by atoms with Crippen molar-refractivity contribution in [1.82, 2.24) is 5.32 Å². The highest BCUT2D eigenvalue weighted by molar-refractivity contribution is 5.85. The summed E-state index contributed by atoms with van der Waals surface area (Å²) >= 11 is 0. The summed E-state index contributed by atoms with van der Waals surface area (Å²) in [5.41, 5.74) is 3.18. The Hall–Kier alpha value is -0.530. The molecule has 1 aromatic carbocycles. The van der Waals surface area contributed by atoms with Crippen LogP contribution in [0.4, 0.5) is 0 Å². The molecule has 0 bridgehead atoms. The van der Waals surface area contributed by atoms with Gasteiger partial charge in [0.2, 0.25) is 0 Å². The SMILES string of the molecule is CC(C)(C)c1ccc(C2CNC2)cc1.Cl. The molecule has 0 aromatic heterocycles. The summed E-state index contributed by atoms with van der Waals surface area (Å²) in [4.78, 5) is 0. The van der Waals surface area contributed by atoms with Crippen molar-refractivity contribution < 1.29 is 0 Å². The molecule has 1 aliphatic heterocycles. The molecule has 1 N–H and O–H groups in total. The van der Waals surface area contributed by atoms with Crippen LogP contribution in [0.5, 0.6) is 0 Å². The summed E-state index contributed by atoms with van der Waals surface area (Å²) in [5, 5.41) is 3.30. The lowest BCUT2D eigenvalue weighted by Crippen LogP contribution is -2.39. The molecule has 0 radical (unpaired) electrons. The fraction of sp³-hybridized carbons (Fsp3) is 0.538. The molecule has 84 valence electrons. The van der Waals surface area contributed by atoms with E-state index >= 15 is 0 Å². The maximum absolute atomic E-state index is 3.30. The Kier molecular flexibility index (Phi) is 3.80. The van der Waals surface area contributed by atoms with Gasteiger partial charge in [-0.05, 0) is 16.5 Å². The van der Waals surface area contributed by atoms with Gasteiger partial charge in [0.15, 0.2) is 0 Å². The third-order valence-corrected chi connectivity index (χ3v) is 3.03. The maximum Gasteiger partial charge on any atom is 0.00885 e. The van der Waals surface area contributed by atoms with Crippen LogP contribution in [0.15, 0.2) is 24.3 Å². The molecule has 0 amide bonds. The van der Waals surface area contributed by atoms with E-state index in [0.29, 0.717) is 0 Å². The quantitative estimate of drug-likeness (QED) is 0.775. The van der Waals surface area contributed by atoms with Crippen molar-refractivity contribution in [2.45, 2.75) is 32.1 Å². The number of halogens is 1. The first kappa shape index (κ1) is 12.5. The van der Waals surface area contributed by atoms with Crippen LogP contribution in [0, 0.1) is 0 Å². The van der Waals surface area contributed by atoms with Gasteiger partial charge in [-0.1, -0.05) is 45.0 Å². The normalized spacial score (nSPS) is 16.7. The summed E-state index contributed by atoms with van der Waals surface area (Å²) < 4.78 is 0. The second-order valence-corrected chi connectivity index (χ2v) is 5.23. The smallest absolute Gasteiger partial charge is 0.00885 e. The first-order valence-electron chi connectivity index (χ1n) is 5.38. The topological polar surface area (TPSA) is 12.0 Å². The van der Waals surface area contributed by atoms with Crippen molar-refractivity contribution in [2.24, 2.45) is 0 Å². The molecule has 0 aliphatic carbocycles. The van der Waals surface area contributed by atoms with Gasteiger partial charge in [-0.25, -0.2) is 0 Å². The lowest BCUT2D eigenvalue weighted by molar-refractivity contribution is 0.448. The molecule has 0 spiro atoms. The van der Waals surface area contributed by atoms with Crippen LogP contribution in [0.2, 0.25) is 0 Å². The molecule has 0 saturated carbocycles. The number of nitrogens with one attached hydrogen (secondary N) is 1. The van der Waals surface area contributed by atoms with Crippen LogP contribution >= 0.6 is 12.4 Å². The van der Waals surface area contributed by atoms with E-state index in [-0.39, 0.29) is 17.8 Å². The minimum absolute atomic E-state index is 0. The van der Waals surface area contributed by atoms with E-state index in [1.54, 1.807) is 0 Å². The van der Waals surface area contributed by atoms with E-state index in [1.807, 2.05) is 0 Å². The molecule has 1 heterocycles. The summed E-state index contributed by atoms with van der Waals surface area (Å²) in [6.45, 7) is 9.07. The van der Waals surface area contributed by atoms with E-state index in [4.69, 9.17) is 0 Å². The van der Waals surface area contributed by atoms with E-state index in [0.717, 1.165) is 19.0 Å². The molecule has 0 atom stereocenters. The third-order valence-electron chi connectivity index (χ3n) is 3.03. The first-order valence-corrected chi connectivity index (χ1v) is 5.38. The predicted octanol–water partition coefficient (Wildman–Crippen LogP) is 3.09. The molecule has 0 unspecified atom stereocenters. The molecule has 1 aromatic rings. The molecule has 1 nitrogen and oxygen atoms in total. The Labute approximate surface area is 98.7 Å². The highest BCUT2D eigenvalue weighted by Gasteiger charge is 2.19. The van der Waals surface area contributed by atoms with E-state index < -0.39 is 0 Å². The Balaban J connectivity index is 0.00000112. The number of benzene rings is 1. The Morgan fingerprint density at radius 2 is 1.60 bits per heavy atom. The lowest BCUT2D eigenvalue weighted by Gasteiger charge is -2.28. The summed E-state index contributed by atoms with van der Waals surface area (Å²) in [6.07, 6.45) is 0. The first-order chi connectivity index (χ1) is 6.57. The van der Waals surface area contributed by atoms with E-state index in [1.165, 1.54) is 11.1 Å². The zero-order valence-electron chi connectivity index (χ0n) is 9.71. The number of hydrogen-bond donors (Lipinski definition) is 1. The van der Waals surface area contributed by atoms with Crippen LogP contribution in [0.1, 0.15) is 37.8 Å². The van der Waals surface area contributed by atoms with Gasteiger partial charge >= 0.3 is 0 Å². The fourth-order valence-electron chi connectivity index (χ4n) is 1.78. The Morgan fingerprint density at radius 3 is 1.93 bits per heavy atom. The van der Waals surface area contributed by atoms with Crippen LogP contribution < -0.4 is 5.32 Å². The average molecular weight is 226 g/mol. The molecule has 1 saturated heterocycles. The third kappa shape index (κ3) is 2.73. The van der Waals surface area contributed by atoms with Crippen molar-refractivity contribution in [3.8, 4) is 0 Å². The van der Waals surface area contributed by atoms with Crippen molar-refractivity contribution in [2.75, 3.05) is 13.1 Å². The second kappa shape index (κ2) is 4.54. The van der Waals surface area contributed by atoms with E-state index in [9.17, 15) is 0 Å². The van der Waals surface area contributed by atoms with Gasteiger partial charge < -0.3 is 5.32 Å². The van der Waals surface area contributed by atoms with Crippen LogP contribution in [0.25, 0.3) is 0 Å². The zero-order valence-corrected chi connectivity index (χ0v) is 10.5. The van der Waals surface area contributed by atoms with Gasteiger partial charge in [-0.15, -0.1) is 12.4 Å². The molecule has 15 heavy (non-hydrogen) atoms. The molecule has 1 fully saturated rings. The standard InChI is InChI=1S/C13H19N.ClH/c1-13(2,3)12-6-4-10(5-7-12)11-8-14-9-11;/h4-7,11,14H,8-9H2,1-3H3;1H. The second-order valence-electron chi connectivity index (χ2n) is 5.23. The van der Waals surface area contributed by atoms with Crippen LogP contribution in [-0.2, 0) is 5.41 Å². The summed E-state index contributed by atoms with van der Waals surface area (Å²) in [6, 6.07) is 9.11. The molecule has 2 rings (SSSR count). The number of hydrogen-bond acceptors (Lipinski definition) is 1. The minimum atomic E-state index is 0. The van der Waals surface area contributed by atoms with Gasteiger partial charge in [0.05, 0.1) is 0 Å². The van der Waals surface area contributed by atoms with Crippen molar-refractivity contribution >= 4 is 12.4 Å². The van der Waals surface area contributed by atoms with Crippen LogP contribution in [-0.4, -0.2) is 13.1 Å². The summed E-state index contributed by atoms with van der Waals surface area (Å²) in [5.74, 6) is 0.754. The Morgan fingerprint density at radius 1 is 1.07 bits per heavy atom. The van der Waals surface area contributed by atoms with Crippen molar-refractivity contribution in [3.05, 3.63) is 35.4 Å². The maximum atomic E-state index is 3.30. The largest absolute Gasteiger partial charge is 0.315 e. The Bertz CT molecular complexity index is 306. The minimum Gasteiger partial charge on any atom is -0.315 e. The molecule has 2 heteroatoms. The molecular formula is C13H20ClN. The summed E-state index contributed by atoms with van der Waals surface area (Å²) in [7, 11) is 0. The predicted molar refractivity (Wildman–Crippen MR) is 68.0 cm³/mol. The lowest BCUT2D eigenvalue weighted by atomic mass is 9.85. The van der Waals surface area contributed by atoms with Gasteiger partial charge in [-0.2, -0.15) is 0 Å². The van der Waals surface area contributed by atoms with Crippen molar-refractivity contribution in [3.63, 3.8) is 0 Å². The van der Waals surface area contributed by atoms with Gasteiger partial charge in [-0.3, -0.25) is 0 Å². The number of rotatable bonds is 1. The van der Waals surface area contributed by atoms with E-state index in [2.05, 4.69) is 50.4 Å². The highest BCUT2D eigenvalue weighted by Crippen LogP contribution is 2.25. The van der Waals surface area contributed by atoms with Gasteiger partial charge in [0.25, 0.3) is 0 Å². The fourth-order valence-corrected chi connectivity index (χ4v) is 1.78. The van der Waals surface area contributed by atoms with Crippen molar-refractivity contribution in [1.29, 1.82) is 0 Å². The van der Waals surface area contributed by atoms with Crippen LogP contribution in [0.3, 0.4) is 0 Å². The zero-order chi connectivity index (χ0) is 10.2. The molecule has 1 aliphatic rings.